The molecule has 2 nitrogen and oxygen atoms in total. The van der Waals surface area contributed by atoms with Crippen LogP contribution < -0.4 is 0 Å². The van der Waals surface area contributed by atoms with Gasteiger partial charge >= 0.3 is 0 Å². The van der Waals surface area contributed by atoms with Gasteiger partial charge in [-0.2, -0.15) is 0 Å². The van der Waals surface area contributed by atoms with Crippen molar-refractivity contribution in [2.45, 2.75) is 115 Å². The van der Waals surface area contributed by atoms with Gasteiger partial charge in [-0.3, -0.25) is 0 Å². The van der Waals surface area contributed by atoms with Crippen LogP contribution >= 0.6 is 11.8 Å². The van der Waals surface area contributed by atoms with Crippen molar-refractivity contribution in [3.8, 4) is 0 Å². The van der Waals surface area contributed by atoms with Crippen LogP contribution in [-0.2, 0) is 4.74 Å². The van der Waals surface area contributed by atoms with E-state index in [2.05, 4.69) is 6.92 Å². The maximum absolute atomic E-state index is 6.38. The van der Waals surface area contributed by atoms with Gasteiger partial charge in [0, 0.05) is 11.7 Å². The number of thioether (sulfide) groups is 1. The summed E-state index contributed by atoms with van der Waals surface area (Å²) in [6, 6.07) is 0. The van der Waals surface area contributed by atoms with E-state index in [-0.39, 0.29) is 5.54 Å². The van der Waals surface area contributed by atoms with Crippen molar-refractivity contribution in [1.82, 2.24) is 0 Å². The van der Waals surface area contributed by atoms with E-state index >= 15 is 0 Å². The number of hydrogen-bond donors (Lipinski definition) is 0. The highest BCUT2D eigenvalue weighted by Gasteiger charge is 2.48. The molecule has 0 aromatic heterocycles. The minimum absolute atomic E-state index is 0.255. The standard InChI is InChI=1S/C21H37NOS/c1-2-3-4-5-6-12-17-24-20-22-21(15-10-7-11-16-21)18-13-8-9-14-19(18)23-20/h18-19H,2-17H2,1H3/t18-,19+/m1/s1. The maximum Gasteiger partial charge on any atom is 0.246 e. The number of nitrogens with zero attached hydrogens (tertiary/aromatic N) is 1. The second-order valence-corrected chi connectivity index (χ2v) is 9.25. The van der Waals surface area contributed by atoms with Crippen molar-refractivity contribution >= 4 is 17.0 Å². The first-order valence-corrected chi connectivity index (χ1v) is 11.7. The lowest BCUT2D eigenvalue weighted by atomic mass is 9.66. The fourth-order valence-corrected chi connectivity index (χ4v) is 5.99. The molecule has 138 valence electrons. The molecule has 1 spiro atoms. The van der Waals surface area contributed by atoms with Crippen LogP contribution in [0.3, 0.4) is 0 Å². The van der Waals surface area contributed by atoms with E-state index in [4.69, 9.17) is 9.73 Å². The lowest BCUT2D eigenvalue weighted by molar-refractivity contribution is 0.00299. The number of aliphatic imine (C=N–C) groups is 1. The zero-order valence-electron chi connectivity index (χ0n) is 15.7. The van der Waals surface area contributed by atoms with Gasteiger partial charge < -0.3 is 4.74 Å². The van der Waals surface area contributed by atoms with Crippen LogP contribution in [0.1, 0.15) is 103 Å². The van der Waals surface area contributed by atoms with E-state index < -0.39 is 0 Å². The lowest BCUT2D eigenvalue weighted by Crippen LogP contribution is -2.51. The van der Waals surface area contributed by atoms with E-state index in [9.17, 15) is 0 Å². The Morgan fingerprint density at radius 3 is 2.54 bits per heavy atom. The number of hydrogen-bond acceptors (Lipinski definition) is 3. The second-order valence-electron chi connectivity index (χ2n) is 8.21. The summed E-state index contributed by atoms with van der Waals surface area (Å²) >= 11 is 1.91. The van der Waals surface area contributed by atoms with Crippen LogP contribution in [0, 0.1) is 5.92 Å². The lowest BCUT2D eigenvalue weighted by Gasteiger charge is -2.49. The van der Waals surface area contributed by atoms with E-state index in [0.717, 1.165) is 5.23 Å². The minimum atomic E-state index is 0.255. The molecule has 2 atom stereocenters. The molecule has 1 aliphatic heterocycles. The third-order valence-electron chi connectivity index (χ3n) is 6.40. The molecule has 0 bridgehead atoms. The van der Waals surface area contributed by atoms with Crippen LogP contribution in [0.25, 0.3) is 0 Å². The summed E-state index contributed by atoms with van der Waals surface area (Å²) in [6.07, 6.45) is 20.9. The third-order valence-corrected chi connectivity index (χ3v) is 7.33. The molecular formula is C21H37NOS. The van der Waals surface area contributed by atoms with Crippen molar-refractivity contribution in [1.29, 1.82) is 0 Å². The van der Waals surface area contributed by atoms with Crippen molar-refractivity contribution in [3.63, 3.8) is 0 Å². The Balaban J connectivity index is 1.52. The van der Waals surface area contributed by atoms with Gasteiger partial charge in [0.1, 0.15) is 6.10 Å². The molecule has 0 aromatic rings. The molecule has 0 unspecified atom stereocenters. The van der Waals surface area contributed by atoms with Crippen LogP contribution in [0.4, 0.5) is 0 Å². The van der Waals surface area contributed by atoms with Crippen LogP contribution in [0.5, 0.6) is 0 Å². The summed E-state index contributed by atoms with van der Waals surface area (Å²) in [7, 11) is 0. The average molecular weight is 352 g/mol. The zero-order valence-corrected chi connectivity index (χ0v) is 16.5. The molecule has 2 aliphatic carbocycles. The number of fused-ring (bicyclic) bond motifs is 2. The Morgan fingerprint density at radius 1 is 0.958 bits per heavy atom. The maximum atomic E-state index is 6.38. The number of ether oxygens (including phenoxy) is 1. The van der Waals surface area contributed by atoms with E-state index in [0.29, 0.717) is 12.0 Å². The molecule has 3 aliphatic rings. The molecule has 3 rings (SSSR count). The highest BCUT2D eigenvalue weighted by Crippen LogP contribution is 2.48. The Morgan fingerprint density at radius 2 is 1.71 bits per heavy atom. The molecule has 0 N–H and O–H groups in total. The quantitative estimate of drug-likeness (QED) is 0.474. The summed E-state index contributed by atoms with van der Waals surface area (Å²) in [5.74, 6) is 1.91. The molecule has 24 heavy (non-hydrogen) atoms. The van der Waals surface area contributed by atoms with Gasteiger partial charge in [-0.25, -0.2) is 4.99 Å². The summed E-state index contributed by atoms with van der Waals surface area (Å²) in [6.45, 7) is 2.29. The highest BCUT2D eigenvalue weighted by atomic mass is 32.2. The van der Waals surface area contributed by atoms with Gasteiger partial charge in [-0.05, 0) is 38.5 Å². The average Bonchev–Trinajstić information content (AvgIpc) is 2.62. The van der Waals surface area contributed by atoms with Crippen molar-refractivity contribution < 1.29 is 4.74 Å². The number of unbranched alkanes of at least 4 members (excludes halogenated alkanes) is 5. The van der Waals surface area contributed by atoms with Crippen molar-refractivity contribution in [2.24, 2.45) is 10.9 Å². The normalized spacial score (nSPS) is 29.0. The summed E-state index contributed by atoms with van der Waals surface area (Å²) < 4.78 is 6.38. The monoisotopic (exact) mass is 351 g/mol. The van der Waals surface area contributed by atoms with Gasteiger partial charge in [-0.1, -0.05) is 76.5 Å². The Kier molecular flexibility index (Phi) is 7.36. The number of rotatable bonds is 7. The van der Waals surface area contributed by atoms with Crippen LogP contribution in [0.15, 0.2) is 4.99 Å². The summed E-state index contributed by atoms with van der Waals surface area (Å²) in [5, 5.41) is 1.05. The first-order valence-electron chi connectivity index (χ1n) is 10.7. The summed E-state index contributed by atoms with van der Waals surface area (Å²) in [5.41, 5.74) is 0.255. The fourth-order valence-electron chi connectivity index (χ4n) is 5.03. The smallest absolute Gasteiger partial charge is 0.246 e. The van der Waals surface area contributed by atoms with Gasteiger partial charge in [0.05, 0.1) is 5.54 Å². The van der Waals surface area contributed by atoms with Gasteiger partial charge in [0.25, 0.3) is 0 Å². The second kappa shape index (κ2) is 9.50. The van der Waals surface area contributed by atoms with E-state index in [1.54, 1.807) is 0 Å². The predicted molar refractivity (Wildman–Crippen MR) is 106 cm³/mol. The third kappa shape index (κ3) is 4.71. The van der Waals surface area contributed by atoms with E-state index in [1.165, 1.54) is 102 Å². The molecule has 0 radical (unpaired) electrons. The molecule has 1 heterocycles. The molecule has 2 saturated carbocycles. The molecule has 3 heteroatoms. The first-order chi connectivity index (χ1) is 11.8. The largest absolute Gasteiger partial charge is 0.469 e. The molecule has 0 amide bonds. The zero-order chi connectivity index (χ0) is 16.7. The molecular weight excluding hydrogens is 314 g/mol. The highest BCUT2D eigenvalue weighted by molar-refractivity contribution is 8.13. The predicted octanol–water partition coefficient (Wildman–Crippen LogP) is 6.73. The van der Waals surface area contributed by atoms with Crippen LogP contribution in [-0.4, -0.2) is 22.6 Å². The van der Waals surface area contributed by atoms with Gasteiger partial charge in [0.2, 0.25) is 5.23 Å². The van der Waals surface area contributed by atoms with E-state index in [1.807, 2.05) is 11.8 Å². The van der Waals surface area contributed by atoms with Crippen molar-refractivity contribution in [3.05, 3.63) is 0 Å². The van der Waals surface area contributed by atoms with Crippen LogP contribution in [0.2, 0.25) is 0 Å². The molecule has 0 aromatic carbocycles. The fraction of sp³-hybridized carbons (Fsp3) is 0.952. The summed E-state index contributed by atoms with van der Waals surface area (Å²) in [4.78, 5) is 5.26. The Bertz CT molecular complexity index is 403. The minimum Gasteiger partial charge on any atom is -0.469 e. The molecule has 2 fully saturated rings. The first kappa shape index (κ1) is 18.6. The van der Waals surface area contributed by atoms with Crippen molar-refractivity contribution in [2.75, 3.05) is 5.75 Å². The SMILES string of the molecule is CCCCCCCCSC1=NC2(CCCCC2)[C@@H]2CCCC[C@@H]2O1. The van der Waals surface area contributed by atoms with Gasteiger partial charge in [0.15, 0.2) is 0 Å². The molecule has 0 saturated heterocycles. The topological polar surface area (TPSA) is 21.6 Å². The van der Waals surface area contributed by atoms with Gasteiger partial charge in [-0.15, -0.1) is 0 Å². The Labute approximate surface area is 153 Å². The Hall–Kier alpha value is -0.180.